The zero-order chi connectivity index (χ0) is 23.2. The van der Waals surface area contributed by atoms with E-state index in [0.717, 1.165) is 5.56 Å². The number of carboxylic acids is 1. The van der Waals surface area contributed by atoms with Gasteiger partial charge in [0, 0.05) is 5.56 Å². The molecule has 0 aliphatic heterocycles. The molecule has 31 heavy (non-hydrogen) atoms. The fourth-order valence-corrected chi connectivity index (χ4v) is 5.68. The maximum absolute atomic E-state index is 11.7. The molecule has 166 valence electrons. The highest BCUT2D eigenvalue weighted by molar-refractivity contribution is 8.39. The first-order chi connectivity index (χ1) is 14.2. The summed E-state index contributed by atoms with van der Waals surface area (Å²) in [5.41, 5.74) is 5.65. The van der Waals surface area contributed by atoms with Gasteiger partial charge in [-0.25, -0.2) is 14.8 Å². The molecule has 0 radical (unpaired) electrons. The number of benzene rings is 2. The summed E-state index contributed by atoms with van der Waals surface area (Å²) in [7, 11) is -1.05. The number of carboxylic acid groups (broad SMARTS) is 1. The molecule has 4 heteroatoms. The van der Waals surface area contributed by atoms with Crippen molar-refractivity contribution in [2.75, 3.05) is 18.8 Å². The van der Waals surface area contributed by atoms with Gasteiger partial charge in [-0.15, -0.1) is 0 Å². The number of rotatable bonds is 5. The molecular formula is C27H34O3S. The molecule has 0 saturated carbocycles. The van der Waals surface area contributed by atoms with E-state index in [4.69, 9.17) is 5.11 Å². The summed E-state index contributed by atoms with van der Waals surface area (Å²) in [5, 5.41) is 8.92. The van der Waals surface area contributed by atoms with E-state index in [9.17, 15) is 9.59 Å². The summed E-state index contributed by atoms with van der Waals surface area (Å²) in [6, 6.07) is 13.8. The lowest BCUT2D eigenvalue weighted by molar-refractivity contribution is -0.131. The van der Waals surface area contributed by atoms with Crippen LogP contribution in [0.1, 0.15) is 73.1 Å². The molecule has 2 aromatic rings. The third-order valence-corrected chi connectivity index (χ3v) is 8.13. The van der Waals surface area contributed by atoms with Crippen molar-refractivity contribution in [2.24, 2.45) is 0 Å². The Bertz CT molecular complexity index is 1050. The van der Waals surface area contributed by atoms with Crippen LogP contribution in [0.2, 0.25) is 0 Å². The largest absolute Gasteiger partial charge is 0.475 e. The second kappa shape index (κ2) is 7.98. The molecule has 2 aromatic carbocycles. The predicted molar refractivity (Wildman–Crippen MR) is 133 cm³/mol. The van der Waals surface area contributed by atoms with Gasteiger partial charge >= 0.3 is 5.97 Å². The maximum atomic E-state index is 11.7. The summed E-state index contributed by atoms with van der Waals surface area (Å²) < 4.78 is 0. The molecule has 1 aliphatic rings. The van der Waals surface area contributed by atoms with Crippen LogP contribution in [0.4, 0.5) is 0 Å². The first-order valence-electron chi connectivity index (χ1n) is 10.7. The molecule has 0 unspecified atom stereocenters. The van der Waals surface area contributed by atoms with Crippen LogP contribution in [0.5, 0.6) is 0 Å². The third kappa shape index (κ3) is 4.79. The first-order valence-corrected chi connectivity index (χ1v) is 13.5. The molecule has 0 saturated heterocycles. The van der Waals surface area contributed by atoms with Crippen molar-refractivity contribution >= 4 is 32.8 Å². The van der Waals surface area contributed by atoms with E-state index in [-0.39, 0.29) is 16.4 Å². The van der Waals surface area contributed by atoms with Crippen LogP contribution in [-0.2, 0) is 15.6 Å². The van der Waals surface area contributed by atoms with Gasteiger partial charge in [0.1, 0.15) is 0 Å². The van der Waals surface area contributed by atoms with E-state index < -0.39 is 21.8 Å². The van der Waals surface area contributed by atoms with Gasteiger partial charge in [-0.2, -0.15) is 0 Å². The molecule has 0 bridgehead atoms. The van der Waals surface area contributed by atoms with Crippen LogP contribution >= 0.6 is 10.0 Å². The normalized spacial score (nSPS) is 18.2. The molecule has 0 fully saturated rings. The van der Waals surface area contributed by atoms with Crippen LogP contribution in [-0.4, -0.2) is 35.6 Å². The van der Waals surface area contributed by atoms with E-state index in [1.807, 2.05) is 12.1 Å². The predicted octanol–water partition coefficient (Wildman–Crippen LogP) is 6.50. The van der Waals surface area contributed by atoms with Gasteiger partial charge in [-0.05, 0) is 81.7 Å². The molecule has 1 aliphatic carbocycles. The van der Waals surface area contributed by atoms with Crippen LogP contribution in [0.15, 0.2) is 42.5 Å². The van der Waals surface area contributed by atoms with Crippen molar-refractivity contribution in [1.29, 1.82) is 0 Å². The number of fused-ring (bicyclic) bond motifs is 1. The number of Topliss-reactive ketones (excluding diaryl/α,β-unsaturated/α-hetero) is 1. The Kier molecular flexibility index (Phi) is 6.01. The number of carbonyl (C=O) groups excluding carboxylic acids is 1. The minimum Gasteiger partial charge on any atom is -0.475 e. The van der Waals surface area contributed by atoms with Gasteiger partial charge in [0.15, 0.2) is 0 Å². The Morgan fingerprint density at radius 3 is 1.87 bits per heavy atom. The smallest absolute Gasteiger partial charge is 0.377 e. The summed E-state index contributed by atoms with van der Waals surface area (Å²) in [6.07, 6.45) is 11.4. The number of aliphatic carboxylic acids is 1. The van der Waals surface area contributed by atoms with Gasteiger partial charge < -0.3 is 5.11 Å². The highest BCUT2D eigenvalue weighted by Gasteiger charge is 2.37. The molecule has 0 amide bonds. The van der Waals surface area contributed by atoms with Gasteiger partial charge in [0.05, 0.1) is 0 Å². The maximum Gasteiger partial charge on any atom is 0.377 e. The van der Waals surface area contributed by atoms with Crippen LogP contribution in [0, 0.1) is 0 Å². The molecule has 0 atom stereocenters. The van der Waals surface area contributed by atoms with E-state index in [2.05, 4.69) is 70.7 Å². The van der Waals surface area contributed by atoms with Gasteiger partial charge in [-0.3, -0.25) is 4.79 Å². The lowest BCUT2D eigenvalue weighted by Crippen LogP contribution is -2.33. The molecule has 3 rings (SSSR count). The van der Waals surface area contributed by atoms with Crippen LogP contribution in [0.3, 0.4) is 0 Å². The van der Waals surface area contributed by atoms with Crippen molar-refractivity contribution < 1.29 is 14.7 Å². The van der Waals surface area contributed by atoms with E-state index >= 15 is 0 Å². The second-order valence-electron chi connectivity index (χ2n) is 10.6. The SMILES string of the molecule is CC1(C)CCC(C)(C)c2cc(/C(=C/c3ccc(C(=O)C(=O)O)cc3)S(C)(C)C)ccc21. The standard InChI is InChI=1S/C27H34O3S/c1-26(2)14-15-27(3,4)22-17-20(12-13-21(22)26)23(31(5,6)7)16-18-8-10-19(11-9-18)24(28)25(29)30/h8-13,16-17H,14-15H2,1-7H3,(H,29,30)/b23-16-. The second-order valence-corrected chi connectivity index (χ2v) is 14.7. The van der Waals surface area contributed by atoms with Gasteiger partial charge in [0.2, 0.25) is 0 Å². The number of carbonyl (C=O) groups is 2. The van der Waals surface area contributed by atoms with Gasteiger partial charge in [0.25, 0.3) is 5.78 Å². The van der Waals surface area contributed by atoms with Crippen molar-refractivity contribution in [1.82, 2.24) is 0 Å². The summed E-state index contributed by atoms with van der Waals surface area (Å²) in [5.74, 6) is -2.31. The molecule has 0 heterocycles. The Morgan fingerprint density at radius 2 is 1.35 bits per heavy atom. The zero-order valence-electron chi connectivity index (χ0n) is 19.7. The average molecular weight is 439 g/mol. The van der Waals surface area contributed by atoms with Crippen molar-refractivity contribution in [3.8, 4) is 0 Å². The number of hydrogen-bond acceptors (Lipinski definition) is 2. The van der Waals surface area contributed by atoms with Crippen molar-refractivity contribution in [3.05, 3.63) is 70.3 Å². The Hall–Kier alpha value is -2.33. The number of ketones is 1. The van der Waals surface area contributed by atoms with Crippen molar-refractivity contribution in [3.63, 3.8) is 0 Å². The molecule has 1 N–H and O–H groups in total. The summed E-state index contributed by atoms with van der Waals surface area (Å²) in [6.45, 7) is 9.37. The number of hydrogen-bond donors (Lipinski definition) is 1. The Balaban J connectivity index is 2.09. The van der Waals surface area contributed by atoms with E-state index in [1.54, 1.807) is 12.1 Å². The summed E-state index contributed by atoms with van der Waals surface area (Å²) in [4.78, 5) is 23.9. The lowest BCUT2D eigenvalue weighted by Gasteiger charge is -2.42. The summed E-state index contributed by atoms with van der Waals surface area (Å²) >= 11 is 0. The minimum atomic E-state index is -1.43. The van der Waals surface area contributed by atoms with E-state index in [0.29, 0.717) is 0 Å². The quantitative estimate of drug-likeness (QED) is 0.329. The fourth-order valence-electron chi connectivity index (χ4n) is 4.36. The first kappa shape index (κ1) is 23.3. The zero-order valence-corrected chi connectivity index (χ0v) is 20.5. The Morgan fingerprint density at radius 1 is 0.839 bits per heavy atom. The molecule has 0 spiro atoms. The lowest BCUT2D eigenvalue weighted by atomic mass is 9.63. The van der Waals surface area contributed by atoms with E-state index in [1.165, 1.54) is 34.4 Å². The van der Waals surface area contributed by atoms with Gasteiger partial charge in [-0.1, -0.05) is 64.1 Å². The topological polar surface area (TPSA) is 54.4 Å². The monoisotopic (exact) mass is 438 g/mol. The average Bonchev–Trinajstić information content (AvgIpc) is 2.68. The minimum absolute atomic E-state index is 0.151. The third-order valence-electron chi connectivity index (χ3n) is 6.46. The molecule has 0 aromatic heterocycles. The highest BCUT2D eigenvalue weighted by atomic mass is 32.3. The van der Waals surface area contributed by atoms with Crippen LogP contribution in [0.25, 0.3) is 11.0 Å². The van der Waals surface area contributed by atoms with Crippen LogP contribution < -0.4 is 0 Å². The van der Waals surface area contributed by atoms with Crippen molar-refractivity contribution in [2.45, 2.75) is 51.4 Å². The molecular weight excluding hydrogens is 404 g/mol. The Labute approximate surface area is 187 Å². The highest BCUT2D eigenvalue weighted by Crippen LogP contribution is 2.53. The molecule has 3 nitrogen and oxygen atoms in total. The fraction of sp³-hybridized carbons (Fsp3) is 0.407.